The van der Waals surface area contributed by atoms with E-state index >= 15 is 0 Å². The largest absolute Gasteiger partial charge is 0.345 e. The lowest BCUT2D eigenvalue weighted by molar-refractivity contribution is -0.319. The molecule has 1 saturated heterocycles. The fraction of sp³-hybridized carbons (Fsp3) is 0.611. The Balaban J connectivity index is 2.37. The van der Waals surface area contributed by atoms with E-state index in [9.17, 15) is 4.79 Å². The smallest absolute Gasteiger partial charge is 0.207 e. The first kappa shape index (κ1) is 16.2. The molecule has 0 spiro atoms. The second kappa shape index (κ2) is 6.71. The minimum absolute atomic E-state index is 0.204. The zero-order valence-corrected chi connectivity index (χ0v) is 13.4. The van der Waals surface area contributed by atoms with Gasteiger partial charge in [0.05, 0.1) is 18.6 Å². The molecule has 3 heteroatoms. The van der Waals surface area contributed by atoms with Gasteiger partial charge in [0.2, 0.25) is 5.79 Å². The fourth-order valence-corrected chi connectivity index (χ4v) is 2.91. The average molecular weight is 290 g/mol. The van der Waals surface area contributed by atoms with Gasteiger partial charge in [0.15, 0.2) is 0 Å². The molecule has 2 rings (SSSR count). The van der Waals surface area contributed by atoms with Crippen LogP contribution in [-0.4, -0.2) is 19.0 Å². The van der Waals surface area contributed by atoms with Crippen LogP contribution in [0, 0.1) is 5.41 Å². The van der Waals surface area contributed by atoms with Gasteiger partial charge in [0, 0.05) is 12.0 Å². The van der Waals surface area contributed by atoms with Crippen molar-refractivity contribution in [1.82, 2.24) is 0 Å². The van der Waals surface area contributed by atoms with Gasteiger partial charge in [-0.3, -0.25) is 4.79 Å². The SMILES string of the molecule is CCCCC(=O)C(C)(C)C1(c2ccccc2)OCCCO1. The number of unbranched alkanes of at least 4 members (excludes halogenated alkanes) is 1. The van der Waals surface area contributed by atoms with E-state index in [1.165, 1.54) is 0 Å². The summed E-state index contributed by atoms with van der Waals surface area (Å²) in [5.74, 6) is -0.757. The van der Waals surface area contributed by atoms with Crippen LogP contribution in [-0.2, 0) is 20.1 Å². The van der Waals surface area contributed by atoms with E-state index in [1.54, 1.807) is 0 Å². The summed E-state index contributed by atoms with van der Waals surface area (Å²) < 4.78 is 12.1. The van der Waals surface area contributed by atoms with Crippen molar-refractivity contribution in [3.63, 3.8) is 0 Å². The Morgan fingerprint density at radius 3 is 2.38 bits per heavy atom. The van der Waals surface area contributed by atoms with Crippen LogP contribution in [0.5, 0.6) is 0 Å². The molecule has 21 heavy (non-hydrogen) atoms. The molecule has 0 aliphatic carbocycles. The van der Waals surface area contributed by atoms with Crippen LogP contribution >= 0.6 is 0 Å². The lowest BCUT2D eigenvalue weighted by atomic mass is 9.73. The van der Waals surface area contributed by atoms with Crippen molar-refractivity contribution in [2.75, 3.05) is 13.2 Å². The second-order valence-electron chi connectivity index (χ2n) is 6.18. The van der Waals surface area contributed by atoms with E-state index in [4.69, 9.17) is 9.47 Å². The molecular formula is C18H26O3. The van der Waals surface area contributed by atoms with Crippen molar-refractivity contribution in [2.45, 2.75) is 52.2 Å². The van der Waals surface area contributed by atoms with Gasteiger partial charge >= 0.3 is 0 Å². The normalized spacial score (nSPS) is 18.4. The summed E-state index contributed by atoms with van der Waals surface area (Å²) in [6.45, 7) is 7.24. The van der Waals surface area contributed by atoms with E-state index in [1.807, 2.05) is 44.2 Å². The van der Waals surface area contributed by atoms with Crippen molar-refractivity contribution in [3.05, 3.63) is 35.9 Å². The highest BCUT2D eigenvalue weighted by molar-refractivity contribution is 5.85. The molecule has 0 bridgehead atoms. The Hall–Kier alpha value is -1.19. The summed E-state index contributed by atoms with van der Waals surface area (Å²) in [5.41, 5.74) is 0.226. The third kappa shape index (κ3) is 3.04. The maximum Gasteiger partial charge on any atom is 0.207 e. The minimum Gasteiger partial charge on any atom is -0.345 e. The molecule has 0 amide bonds. The molecule has 0 atom stereocenters. The monoisotopic (exact) mass is 290 g/mol. The number of hydrogen-bond donors (Lipinski definition) is 0. The van der Waals surface area contributed by atoms with Gasteiger partial charge in [-0.15, -0.1) is 0 Å². The first-order valence-electron chi connectivity index (χ1n) is 7.91. The Bertz CT molecular complexity index is 459. The molecule has 3 nitrogen and oxygen atoms in total. The van der Waals surface area contributed by atoms with Crippen LogP contribution in [0.3, 0.4) is 0 Å². The van der Waals surface area contributed by atoms with E-state index in [0.29, 0.717) is 19.6 Å². The highest BCUT2D eigenvalue weighted by Crippen LogP contribution is 2.47. The lowest BCUT2D eigenvalue weighted by Gasteiger charge is -2.47. The van der Waals surface area contributed by atoms with Gasteiger partial charge in [-0.25, -0.2) is 0 Å². The number of ether oxygens (including phenoxy) is 2. The van der Waals surface area contributed by atoms with E-state index in [0.717, 1.165) is 24.8 Å². The van der Waals surface area contributed by atoms with Crippen molar-refractivity contribution < 1.29 is 14.3 Å². The van der Waals surface area contributed by atoms with Gasteiger partial charge in [-0.1, -0.05) is 43.7 Å². The molecule has 116 valence electrons. The molecule has 1 aliphatic heterocycles. The number of Topliss-reactive ketones (excluding diaryl/α,β-unsaturated/α-hetero) is 1. The summed E-state index contributed by atoms with van der Waals surface area (Å²) in [6, 6.07) is 9.86. The van der Waals surface area contributed by atoms with E-state index in [-0.39, 0.29) is 5.78 Å². The minimum atomic E-state index is -0.961. The standard InChI is InChI=1S/C18H26O3/c1-4-5-12-16(19)17(2,3)18(20-13-9-14-21-18)15-10-7-6-8-11-15/h6-8,10-11H,4-5,9,12-14H2,1-3H3. The summed E-state index contributed by atoms with van der Waals surface area (Å²) in [6.07, 6.45) is 3.37. The molecule has 0 aromatic heterocycles. The number of hydrogen-bond acceptors (Lipinski definition) is 3. The van der Waals surface area contributed by atoms with Crippen LogP contribution in [0.2, 0.25) is 0 Å². The number of rotatable bonds is 6. The molecule has 1 heterocycles. The van der Waals surface area contributed by atoms with E-state index in [2.05, 4.69) is 6.92 Å². The van der Waals surface area contributed by atoms with Crippen LogP contribution in [0.15, 0.2) is 30.3 Å². The Morgan fingerprint density at radius 1 is 1.19 bits per heavy atom. The molecule has 0 unspecified atom stereocenters. The number of carbonyl (C=O) groups is 1. The second-order valence-corrected chi connectivity index (χ2v) is 6.18. The summed E-state index contributed by atoms with van der Waals surface area (Å²) >= 11 is 0. The third-order valence-corrected chi connectivity index (χ3v) is 4.33. The van der Waals surface area contributed by atoms with Gasteiger partial charge in [-0.2, -0.15) is 0 Å². The summed E-state index contributed by atoms with van der Waals surface area (Å²) in [5, 5.41) is 0. The van der Waals surface area contributed by atoms with Crippen molar-refractivity contribution >= 4 is 5.78 Å². The molecule has 1 aromatic rings. The lowest BCUT2D eigenvalue weighted by Crippen LogP contribution is -2.53. The molecule has 1 aromatic carbocycles. The molecule has 1 fully saturated rings. The van der Waals surface area contributed by atoms with Gasteiger partial charge in [0.1, 0.15) is 5.78 Å². The number of carbonyl (C=O) groups excluding carboxylic acids is 1. The fourth-order valence-electron chi connectivity index (χ4n) is 2.91. The van der Waals surface area contributed by atoms with Gasteiger partial charge < -0.3 is 9.47 Å². The quantitative estimate of drug-likeness (QED) is 0.792. The first-order chi connectivity index (χ1) is 10.0. The first-order valence-corrected chi connectivity index (χ1v) is 7.91. The Kier molecular flexibility index (Phi) is 5.17. The van der Waals surface area contributed by atoms with Crippen LogP contribution in [0.1, 0.15) is 52.0 Å². The molecule has 0 radical (unpaired) electrons. The maximum atomic E-state index is 12.7. The number of ketones is 1. The van der Waals surface area contributed by atoms with Crippen molar-refractivity contribution in [1.29, 1.82) is 0 Å². The highest BCUT2D eigenvalue weighted by atomic mass is 16.7. The van der Waals surface area contributed by atoms with Crippen LogP contribution in [0.25, 0.3) is 0 Å². The zero-order valence-electron chi connectivity index (χ0n) is 13.4. The Morgan fingerprint density at radius 2 is 1.81 bits per heavy atom. The van der Waals surface area contributed by atoms with Gasteiger partial charge in [-0.05, 0) is 26.7 Å². The average Bonchev–Trinajstić information content (AvgIpc) is 2.53. The van der Waals surface area contributed by atoms with Crippen molar-refractivity contribution in [3.8, 4) is 0 Å². The molecule has 0 saturated carbocycles. The number of benzene rings is 1. The summed E-state index contributed by atoms with van der Waals surface area (Å²) in [7, 11) is 0. The topological polar surface area (TPSA) is 35.5 Å². The summed E-state index contributed by atoms with van der Waals surface area (Å²) in [4.78, 5) is 12.7. The molecule has 0 N–H and O–H groups in total. The molecular weight excluding hydrogens is 264 g/mol. The molecule has 1 aliphatic rings. The zero-order chi connectivity index (χ0) is 15.3. The van der Waals surface area contributed by atoms with Crippen LogP contribution in [0.4, 0.5) is 0 Å². The van der Waals surface area contributed by atoms with Gasteiger partial charge in [0.25, 0.3) is 0 Å². The highest BCUT2D eigenvalue weighted by Gasteiger charge is 2.54. The predicted octanol–water partition coefficient (Wildman–Crippen LogP) is 4.06. The maximum absolute atomic E-state index is 12.7. The van der Waals surface area contributed by atoms with Crippen molar-refractivity contribution in [2.24, 2.45) is 5.41 Å². The third-order valence-electron chi connectivity index (χ3n) is 4.33. The van der Waals surface area contributed by atoms with Crippen LogP contribution < -0.4 is 0 Å². The Labute approximate surface area is 127 Å². The predicted molar refractivity (Wildman–Crippen MR) is 83.0 cm³/mol. The van der Waals surface area contributed by atoms with E-state index < -0.39 is 11.2 Å².